The average molecular weight is 326 g/mol. The third-order valence-electron chi connectivity index (χ3n) is 4.11. The van der Waals surface area contributed by atoms with Crippen LogP contribution in [0.3, 0.4) is 0 Å². The number of thioether (sulfide) groups is 1. The molecule has 2 N–H and O–H groups in total. The molecule has 3 heterocycles. The van der Waals surface area contributed by atoms with E-state index in [1.165, 1.54) is 15.5 Å². The monoisotopic (exact) mass is 326 g/mol. The minimum Gasteiger partial charge on any atom is -0.374 e. The summed E-state index contributed by atoms with van der Waals surface area (Å²) in [5.74, 6) is 2.25. The Morgan fingerprint density at radius 3 is 3.14 bits per heavy atom. The van der Waals surface area contributed by atoms with Gasteiger partial charge in [-0.05, 0) is 44.1 Å². The van der Waals surface area contributed by atoms with Gasteiger partial charge in [-0.2, -0.15) is 11.8 Å². The predicted molar refractivity (Wildman–Crippen MR) is 88.1 cm³/mol. The maximum atomic E-state index is 12.0. The smallest absolute Gasteiger partial charge is 0.315 e. The van der Waals surface area contributed by atoms with Crippen molar-refractivity contribution < 1.29 is 9.53 Å². The summed E-state index contributed by atoms with van der Waals surface area (Å²) in [5.41, 5.74) is 0.0196. The lowest BCUT2D eigenvalue weighted by Gasteiger charge is -2.37. The number of hydrogen-bond acceptors (Lipinski definition) is 4. The molecule has 116 valence electrons. The molecule has 2 aliphatic heterocycles. The largest absolute Gasteiger partial charge is 0.374 e. The lowest BCUT2D eigenvalue weighted by molar-refractivity contribution is -0.0684. The molecule has 21 heavy (non-hydrogen) atoms. The van der Waals surface area contributed by atoms with Gasteiger partial charge in [-0.25, -0.2) is 4.79 Å². The number of thiophene rings is 1. The van der Waals surface area contributed by atoms with Crippen molar-refractivity contribution in [1.82, 2.24) is 10.6 Å². The van der Waals surface area contributed by atoms with Crippen LogP contribution in [-0.4, -0.2) is 35.8 Å². The zero-order chi connectivity index (χ0) is 14.7. The average Bonchev–Trinajstić information content (AvgIpc) is 3.06. The first-order valence-electron chi connectivity index (χ1n) is 7.47. The molecule has 0 bridgehead atoms. The number of ether oxygens (including phenoxy) is 1. The van der Waals surface area contributed by atoms with Crippen LogP contribution in [0.15, 0.2) is 12.1 Å². The first-order chi connectivity index (χ1) is 10.2. The predicted octanol–water partition coefficient (Wildman–Crippen LogP) is 2.91. The highest BCUT2D eigenvalue weighted by Gasteiger charge is 2.40. The summed E-state index contributed by atoms with van der Waals surface area (Å²) in [4.78, 5) is 14.5. The number of amides is 2. The lowest BCUT2D eigenvalue weighted by Crippen LogP contribution is -2.50. The van der Waals surface area contributed by atoms with Crippen molar-refractivity contribution in [2.45, 2.75) is 44.4 Å². The Balaban J connectivity index is 1.46. The number of urea groups is 1. The second-order valence-corrected chi connectivity index (χ2v) is 8.34. The van der Waals surface area contributed by atoms with E-state index in [9.17, 15) is 4.79 Å². The molecule has 1 spiro atoms. The van der Waals surface area contributed by atoms with Crippen molar-refractivity contribution in [1.29, 1.82) is 0 Å². The van der Waals surface area contributed by atoms with Crippen LogP contribution in [0.2, 0.25) is 0 Å². The summed E-state index contributed by atoms with van der Waals surface area (Å²) in [5, 5.41) is 6.07. The first-order valence-corrected chi connectivity index (χ1v) is 9.44. The molecular formula is C15H22N2O2S2. The van der Waals surface area contributed by atoms with Crippen LogP contribution in [0.25, 0.3) is 0 Å². The lowest BCUT2D eigenvalue weighted by atomic mass is 9.90. The third kappa shape index (κ3) is 3.93. The molecule has 2 unspecified atom stereocenters. The van der Waals surface area contributed by atoms with Gasteiger partial charge in [0.2, 0.25) is 0 Å². The number of carbonyl (C=O) groups excluding carboxylic acids is 1. The number of carbonyl (C=O) groups is 1. The quantitative estimate of drug-likeness (QED) is 0.898. The van der Waals surface area contributed by atoms with Crippen molar-refractivity contribution in [3.8, 4) is 0 Å². The summed E-state index contributed by atoms with van der Waals surface area (Å²) < 4.78 is 5.98. The molecule has 0 radical (unpaired) electrons. The zero-order valence-electron chi connectivity index (χ0n) is 12.3. The van der Waals surface area contributed by atoms with E-state index < -0.39 is 0 Å². The Kier molecular flexibility index (Phi) is 4.76. The number of rotatable bonds is 3. The molecule has 1 aromatic rings. The van der Waals surface area contributed by atoms with E-state index in [2.05, 4.69) is 29.7 Å². The Morgan fingerprint density at radius 1 is 1.52 bits per heavy atom. The van der Waals surface area contributed by atoms with Crippen molar-refractivity contribution >= 4 is 29.1 Å². The topological polar surface area (TPSA) is 50.4 Å². The SMILES string of the molecule is Cc1ccc(CNC(=O)NC2CCOC3(CCSC3)C2)s1. The second-order valence-electron chi connectivity index (χ2n) is 5.86. The van der Waals surface area contributed by atoms with Gasteiger partial charge in [-0.15, -0.1) is 11.3 Å². The molecule has 2 fully saturated rings. The van der Waals surface area contributed by atoms with Gasteiger partial charge in [0, 0.05) is 28.2 Å². The van der Waals surface area contributed by atoms with Crippen LogP contribution in [0.1, 0.15) is 29.0 Å². The van der Waals surface area contributed by atoms with Gasteiger partial charge in [0.15, 0.2) is 0 Å². The van der Waals surface area contributed by atoms with Crippen LogP contribution >= 0.6 is 23.1 Å². The van der Waals surface area contributed by atoms with Gasteiger partial charge < -0.3 is 15.4 Å². The number of aryl methyl sites for hydroxylation is 1. The highest BCUT2D eigenvalue weighted by atomic mass is 32.2. The minimum absolute atomic E-state index is 0.0196. The molecule has 2 aliphatic rings. The maximum absolute atomic E-state index is 12.0. The van der Waals surface area contributed by atoms with Crippen molar-refractivity contribution in [2.24, 2.45) is 0 Å². The van der Waals surface area contributed by atoms with Crippen molar-refractivity contribution in [3.63, 3.8) is 0 Å². The first kappa shape index (κ1) is 15.2. The second kappa shape index (κ2) is 6.58. The van der Waals surface area contributed by atoms with Crippen LogP contribution in [-0.2, 0) is 11.3 Å². The van der Waals surface area contributed by atoms with Crippen molar-refractivity contribution in [2.75, 3.05) is 18.1 Å². The van der Waals surface area contributed by atoms with Crippen molar-refractivity contribution in [3.05, 3.63) is 21.9 Å². The summed E-state index contributed by atoms with van der Waals surface area (Å²) in [6, 6.07) is 4.33. The van der Waals surface area contributed by atoms with E-state index in [1.807, 2.05) is 11.8 Å². The van der Waals surface area contributed by atoms with Gasteiger partial charge in [0.25, 0.3) is 0 Å². The summed E-state index contributed by atoms with van der Waals surface area (Å²) in [6.45, 7) is 3.44. The van der Waals surface area contributed by atoms with Gasteiger partial charge in [0.05, 0.1) is 12.1 Å². The van der Waals surface area contributed by atoms with E-state index in [0.717, 1.165) is 31.6 Å². The van der Waals surface area contributed by atoms with Gasteiger partial charge in [-0.1, -0.05) is 0 Å². The Labute approximate surface area is 134 Å². The number of nitrogens with one attached hydrogen (secondary N) is 2. The molecule has 0 saturated carbocycles. The van der Waals surface area contributed by atoms with Gasteiger partial charge in [-0.3, -0.25) is 0 Å². The molecule has 1 aromatic heterocycles. The Morgan fingerprint density at radius 2 is 2.43 bits per heavy atom. The van der Waals surface area contributed by atoms with Crippen LogP contribution < -0.4 is 10.6 Å². The molecule has 3 rings (SSSR count). The Bertz CT molecular complexity index is 498. The highest BCUT2D eigenvalue weighted by Crippen LogP contribution is 2.38. The fraction of sp³-hybridized carbons (Fsp3) is 0.667. The van der Waals surface area contributed by atoms with Gasteiger partial charge >= 0.3 is 6.03 Å². The molecule has 6 heteroatoms. The molecular weight excluding hydrogens is 304 g/mol. The third-order valence-corrected chi connectivity index (χ3v) is 6.34. The fourth-order valence-corrected chi connectivity index (χ4v) is 5.21. The summed E-state index contributed by atoms with van der Waals surface area (Å²) >= 11 is 3.68. The zero-order valence-corrected chi connectivity index (χ0v) is 13.9. The highest BCUT2D eigenvalue weighted by molar-refractivity contribution is 7.99. The van der Waals surface area contributed by atoms with E-state index in [0.29, 0.717) is 6.54 Å². The fourth-order valence-electron chi connectivity index (χ4n) is 3.00. The molecule has 0 aromatic carbocycles. The maximum Gasteiger partial charge on any atom is 0.315 e. The molecule has 4 nitrogen and oxygen atoms in total. The van der Waals surface area contributed by atoms with Crippen LogP contribution in [0, 0.1) is 6.92 Å². The van der Waals surface area contributed by atoms with E-state index in [4.69, 9.17) is 4.74 Å². The van der Waals surface area contributed by atoms with E-state index in [-0.39, 0.29) is 17.7 Å². The normalized spacial score (nSPS) is 28.7. The summed E-state index contributed by atoms with van der Waals surface area (Å²) in [7, 11) is 0. The van der Waals surface area contributed by atoms with E-state index >= 15 is 0 Å². The van der Waals surface area contributed by atoms with E-state index in [1.54, 1.807) is 11.3 Å². The molecule has 2 atom stereocenters. The molecule has 2 amide bonds. The van der Waals surface area contributed by atoms with Crippen LogP contribution in [0.4, 0.5) is 4.79 Å². The Hall–Kier alpha value is -0.720. The molecule has 0 aliphatic carbocycles. The number of hydrogen-bond donors (Lipinski definition) is 2. The minimum atomic E-state index is -0.0613. The van der Waals surface area contributed by atoms with Gasteiger partial charge in [0.1, 0.15) is 0 Å². The summed E-state index contributed by atoms with van der Waals surface area (Å²) in [6.07, 6.45) is 2.98. The standard InChI is InChI=1S/C15H22N2O2S2/c1-11-2-3-13(21-11)9-16-14(18)17-12-4-6-19-15(8-12)5-7-20-10-15/h2-3,12H,4-10H2,1H3,(H2,16,17,18). The van der Waals surface area contributed by atoms with Crippen LogP contribution in [0.5, 0.6) is 0 Å². The molecule has 2 saturated heterocycles.